The number of benzene rings is 1. The zero-order valence-corrected chi connectivity index (χ0v) is 13.8. The first kappa shape index (κ1) is 16.1. The maximum atomic E-state index is 13.2. The van der Waals surface area contributed by atoms with Gasteiger partial charge in [-0.2, -0.15) is 0 Å². The predicted octanol–water partition coefficient (Wildman–Crippen LogP) is 1.79. The highest BCUT2D eigenvalue weighted by Gasteiger charge is 2.28. The molecule has 23 heavy (non-hydrogen) atoms. The largest absolute Gasteiger partial charge is 0.352 e. The number of carbonyl (C=O) groups excluding carboxylic acids is 1. The summed E-state index contributed by atoms with van der Waals surface area (Å²) in [7, 11) is -3.01. The van der Waals surface area contributed by atoms with Crippen LogP contribution in [0.5, 0.6) is 0 Å². The van der Waals surface area contributed by atoms with E-state index in [2.05, 4.69) is 10.3 Å². The number of nitrogens with one attached hydrogen (secondary N) is 1. The molecule has 0 bridgehead atoms. The van der Waals surface area contributed by atoms with E-state index in [0.29, 0.717) is 22.7 Å². The van der Waals surface area contributed by atoms with Crippen LogP contribution in [0.15, 0.2) is 29.6 Å². The number of hydrogen-bond acceptors (Lipinski definition) is 5. The van der Waals surface area contributed by atoms with Crippen LogP contribution in [0.25, 0.3) is 10.6 Å². The highest BCUT2D eigenvalue weighted by atomic mass is 32.2. The molecule has 1 aromatic carbocycles. The predicted molar refractivity (Wildman–Crippen MR) is 86.4 cm³/mol. The fourth-order valence-electron chi connectivity index (χ4n) is 2.49. The Kier molecular flexibility index (Phi) is 4.45. The maximum Gasteiger partial charge on any atom is 0.226 e. The van der Waals surface area contributed by atoms with E-state index in [1.54, 1.807) is 17.5 Å². The van der Waals surface area contributed by atoms with Crippen LogP contribution in [0.4, 0.5) is 4.39 Å². The molecule has 1 aromatic heterocycles. The van der Waals surface area contributed by atoms with E-state index in [4.69, 9.17) is 0 Å². The first-order valence-electron chi connectivity index (χ1n) is 7.11. The van der Waals surface area contributed by atoms with Crippen molar-refractivity contribution in [2.24, 2.45) is 0 Å². The van der Waals surface area contributed by atoms with Crippen LogP contribution in [0.1, 0.15) is 12.1 Å². The second kappa shape index (κ2) is 6.37. The summed E-state index contributed by atoms with van der Waals surface area (Å²) >= 11 is 1.34. The normalized spacial score (nSPS) is 19.6. The summed E-state index contributed by atoms with van der Waals surface area (Å²) < 4.78 is 36.0. The van der Waals surface area contributed by atoms with Crippen molar-refractivity contribution in [3.63, 3.8) is 0 Å². The lowest BCUT2D eigenvalue weighted by Crippen LogP contribution is -2.36. The van der Waals surface area contributed by atoms with E-state index in [1.807, 2.05) is 0 Å². The molecule has 3 rings (SSSR count). The Morgan fingerprint density at radius 3 is 2.96 bits per heavy atom. The fourth-order valence-corrected chi connectivity index (χ4v) is 4.98. The number of aromatic nitrogens is 1. The zero-order valence-electron chi connectivity index (χ0n) is 12.2. The number of rotatable bonds is 4. The molecule has 1 aliphatic rings. The van der Waals surface area contributed by atoms with Crippen LogP contribution in [0.3, 0.4) is 0 Å². The lowest BCUT2D eigenvalue weighted by Gasteiger charge is -2.09. The molecule has 0 radical (unpaired) electrons. The topological polar surface area (TPSA) is 76.1 Å². The van der Waals surface area contributed by atoms with Crippen LogP contribution in [-0.4, -0.2) is 36.9 Å². The third-order valence-electron chi connectivity index (χ3n) is 3.56. The summed E-state index contributed by atoms with van der Waals surface area (Å²) in [5.41, 5.74) is 1.26. The van der Waals surface area contributed by atoms with E-state index >= 15 is 0 Å². The molecule has 8 heteroatoms. The Hall–Kier alpha value is -1.80. The first-order valence-corrected chi connectivity index (χ1v) is 9.81. The maximum absolute atomic E-state index is 13.2. The Morgan fingerprint density at radius 1 is 1.43 bits per heavy atom. The molecule has 1 saturated heterocycles. The van der Waals surface area contributed by atoms with E-state index in [9.17, 15) is 17.6 Å². The number of halogens is 1. The minimum Gasteiger partial charge on any atom is -0.352 e. The standard InChI is InChI=1S/C15H15FN2O3S2/c16-11-3-1-2-10(6-11)15-18-13(8-22-15)7-14(19)17-12-4-5-23(20,21)9-12/h1-3,6,8,12H,4-5,7,9H2,(H,17,19). The SMILES string of the molecule is O=C(Cc1csc(-c2cccc(F)c2)n1)NC1CCS(=O)(=O)C1. The number of thiazole rings is 1. The van der Waals surface area contributed by atoms with E-state index in [1.165, 1.54) is 23.5 Å². The van der Waals surface area contributed by atoms with Gasteiger partial charge in [0.15, 0.2) is 9.84 Å². The molecule has 122 valence electrons. The lowest BCUT2D eigenvalue weighted by atomic mass is 10.2. The van der Waals surface area contributed by atoms with E-state index in [0.717, 1.165) is 0 Å². The third-order valence-corrected chi connectivity index (χ3v) is 6.27. The quantitative estimate of drug-likeness (QED) is 0.908. The minimum atomic E-state index is -3.01. The molecule has 1 amide bonds. The van der Waals surface area contributed by atoms with Gasteiger partial charge >= 0.3 is 0 Å². The Morgan fingerprint density at radius 2 is 2.26 bits per heavy atom. The molecular weight excluding hydrogens is 339 g/mol. The first-order chi connectivity index (χ1) is 10.9. The number of amides is 1. The van der Waals surface area contributed by atoms with Gasteiger partial charge in [-0.3, -0.25) is 4.79 Å². The Labute approximate surface area is 137 Å². The van der Waals surface area contributed by atoms with Crippen LogP contribution in [0.2, 0.25) is 0 Å². The molecule has 0 saturated carbocycles. The molecule has 0 aliphatic carbocycles. The van der Waals surface area contributed by atoms with Gasteiger partial charge in [0, 0.05) is 17.0 Å². The monoisotopic (exact) mass is 354 g/mol. The summed E-state index contributed by atoms with van der Waals surface area (Å²) in [6, 6.07) is 5.82. The number of hydrogen-bond donors (Lipinski definition) is 1. The summed E-state index contributed by atoms with van der Waals surface area (Å²) in [5.74, 6) is -0.453. The van der Waals surface area contributed by atoms with Gasteiger partial charge < -0.3 is 5.32 Å². The number of carbonyl (C=O) groups is 1. The van der Waals surface area contributed by atoms with Gasteiger partial charge in [-0.05, 0) is 18.6 Å². The smallest absolute Gasteiger partial charge is 0.226 e. The van der Waals surface area contributed by atoms with Crippen LogP contribution >= 0.6 is 11.3 Å². The van der Waals surface area contributed by atoms with Crippen LogP contribution in [-0.2, 0) is 21.1 Å². The number of sulfone groups is 1. The van der Waals surface area contributed by atoms with Crippen LogP contribution < -0.4 is 5.32 Å². The summed E-state index contributed by atoms with van der Waals surface area (Å²) in [4.78, 5) is 16.3. The van der Waals surface area contributed by atoms with Crippen molar-refractivity contribution in [2.75, 3.05) is 11.5 Å². The van der Waals surface area contributed by atoms with Crippen molar-refractivity contribution in [1.29, 1.82) is 0 Å². The molecule has 2 heterocycles. The van der Waals surface area contributed by atoms with Crippen molar-refractivity contribution >= 4 is 27.1 Å². The van der Waals surface area contributed by atoms with E-state index < -0.39 is 9.84 Å². The zero-order chi connectivity index (χ0) is 16.4. The highest BCUT2D eigenvalue weighted by molar-refractivity contribution is 7.91. The molecule has 1 fully saturated rings. The van der Waals surface area contributed by atoms with Crippen molar-refractivity contribution in [2.45, 2.75) is 18.9 Å². The van der Waals surface area contributed by atoms with Crippen molar-refractivity contribution < 1.29 is 17.6 Å². The molecular formula is C15H15FN2O3S2. The molecule has 1 unspecified atom stereocenters. The van der Waals surface area contributed by atoms with Crippen molar-refractivity contribution in [1.82, 2.24) is 10.3 Å². The van der Waals surface area contributed by atoms with Gasteiger partial charge in [0.05, 0.1) is 23.6 Å². The minimum absolute atomic E-state index is 0.00431. The second-order valence-electron chi connectivity index (χ2n) is 5.50. The van der Waals surface area contributed by atoms with E-state index in [-0.39, 0.29) is 35.7 Å². The Bertz CT molecular complexity index is 833. The average Bonchev–Trinajstić information content (AvgIpc) is 3.05. The molecule has 5 nitrogen and oxygen atoms in total. The van der Waals surface area contributed by atoms with Crippen LogP contribution in [0, 0.1) is 5.82 Å². The van der Waals surface area contributed by atoms with Crippen molar-refractivity contribution in [3.8, 4) is 10.6 Å². The van der Waals surface area contributed by atoms with Gasteiger partial charge in [-0.25, -0.2) is 17.8 Å². The van der Waals surface area contributed by atoms with Gasteiger partial charge in [0.2, 0.25) is 5.91 Å². The fraction of sp³-hybridized carbons (Fsp3) is 0.333. The summed E-state index contributed by atoms with van der Waals surface area (Å²) in [5, 5.41) is 5.13. The van der Waals surface area contributed by atoms with Gasteiger partial charge in [0.25, 0.3) is 0 Å². The summed E-state index contributed by atoms with van der Waals surface area (Å²) in [6.45, 7) is 0. The van der Waals surface area contributed by atoms with Gasteiger partial charge in [0.1, 0.15) is 10.8 Å². The average molecular weight is 354 g/mol. The third kappa shape index (κ3) is 4.14. The molecule has 1 aliphatic heterocycles. The molecule has 0 spiro atoms. The van der Waals surface area contributed by atoms with Crippen molar-refractivity contribution in [3.05, 3.63) is 41.2 Å². The molecule has 1 atom stereocenters. The molecule has 2 aromatic rings. The highest BCUT2D eigenvalue weighted by Crippen LogP contribution is 2.24. The van der Waals surface area contributed by atoms with Gasteiger partial charge in [-0.1, -0.05) is 12.1 Å². The summed E-state index contributed by atoms with van der Waals surface area (Å²) in [6.07, 6.45) is 0.544. The lowest BCUT2D eigenvalue weighted by molar-refractivity contribution is -0.121. The molecule has 1 N–H and O–H groups in total. The van der Waals surface area contributed by atoms with Gasteiger partial charge in [-0.15, -0.1) is 11.3 Å². The number of nitrogens with zero attached hydrogens (tertiary/aromatic N) is 1. The second-order valence-corrected chi connectivity index (χ2v) is 8.59. The Balaban J connectivity index is 1.62.